The van der Waals surface area contributed by atoms with E-state index in [1.807, 2.05) is 38.1 Å². The Labute approximate surface area is 159 Å². The van der Waals surface area contributed by atoms with Crippen LogP contribution >= 0.6 is 0 Å². The van der Waals surface area contributed by atoms with Crippen LogP contribution in [0.25, 0.3) is 11.1 Å². The maximum Gasteiger partial charge on any atom is 0.340 e. The topological polar surface area (TPSA) is 44.8 Å². The SMILES string of the molecule is C=CC(C)(C)C(OC)c1c(-c2cccc(OC)c2)ccc(C(=O)OC)c1F. The Morgan fingerprint density at radius 1 is 1.19 bits per heavy atom. The van der Waals surface area contributed by atoms with Crippen LogP contribution in [0.3, 0.4) is 0 Å². The minimum Gasteiger partial charge on any atom is -0.497 e. The molecule has 0 N–H and O–H groups in total. The number of methoxy groups -OCH3 is 3. The van der Waals surface area contributed by atoms with Crippen molar-refractivity contribution in [3.63, 3.8) is 0 Å². The van der Waals surface area contributed by atoms with Gasteiger partial charge in [-0.15, -0.1) is 6.58 Å². The second-order valence-electron chi connectivity index (χ2n) is 6.75. The van der Waals surface area contributed by atoms with Gasteiger partial charge in [-0.25, -0.2) is 9.18 Å². The van der Waals surface area contributed by atoms with Crippen LogP contribution in [0.2, 0.25) is 0 Å². The molecule has 0 aliphatic heterocycles. The molecule has 0 fully saturated rings. The summed E-state index contributed by atoms with van der Waals surface area (Å²) in [5.41, 5.74) is 0.917. The molecule has 2 aromatic carbocycles. The van der Waals surface area contributed by atoms with E-state index in [1.165, 1.54) is 20.3 Å². The summed E-state index contributed by atoms with van der Waals surface area (Å²) in [5.74, 6) is -0.756. The molecule has 0 spiro atoms. The number of esters is 1. The normalized spacial score (nSPS) is 12.4. The summed E-state index contributed by atoms with van der Waals surface area (Å²) in [7, 11) is 4.30. The van der Waals surface area contributed by atoms with E-state index >= 15 is 4.39 Å². The van der Waals surface area contributed by atoms with E-state index in [4.69, 9.17) is 14.2 Å². The number of hydrogen-bond donors (Lipinski definition) is 0. The number of rotatable bonds is 7. The molecule has 0 saturated carbocycles. The van der Waals surface area contributed by atoms with Gasteiger partial charge >= 0.3 is 5.97 Å². The van der Waals surface area contributed by atoms with Crippen LogP contribution in [0.1, 0.15) is 35.9 Å². The first-order chi connectivity index (χ1) is 12.8. The Kier molecular flexibility index (Phi) is 6.39. The van der Waals surface area contributed by atoms with Gasteiger partial charge in [0.15, 0.2) is 0 Å². The molecule has 0 aromatic heterocycles. The molecule has 144 valence electrons. The Morgan fingerprint density at radius 2 is 1.89 bits per heavy atom. The first-order valence-corrected chi connectivity index (χ1v) is 8.52. The largest absolute Gasteiger partial charge is 0.497 e. The molecule has 0 aliphatic carbocycles. The van der Waals surface area contributed by atoms with Gasteiger partial charge in [0, 0.05) is 18.1 Å². The van der Waals surface area contributed by atoms with E-state index in [0.29, 0.717) is 11.3 Å². The first-order valence-electron chi connectivity index (χ1n) is 8.52. The summed E-state index contributed by atoms with van der Waals surface area (Å²) in [5, 5.41) is 0. The van der Waals surface area contributed by atoms with Gasteiger partial charge in [0.25, 0.3) is 0 Å². The maximum atomic E-state index is 15.5. The highest BCUT2D eigenvalue weighted by Gasteiger charge is 2.34. The highest BCUT2D eigenvalue weighted by atomic mass is 19.1. The van der Waals surface area contributed by atoms with Crippen molar-refractivity contribution in [3.8, 4) is 16.9 Å². The van der Waals surface area contributed by atoms with Crippen LogP contribution in [0.15, 0.2) is 49.1 Å². The molecule has 27 heavy (non-hydrogen) atoms. The van der Waals surface area contributed by atoms with Crippen molar-refractivity contribution in [2.24, 2.45) is 5.41 Å². The van der Waals surface area contributed by atoms with Crippen LogP contribution in [0.4, 0.5) is 4.39 Å². The van der Waals surface area contributed by atoms with E-state index in [0.717, 1.165) is 5.56 Å². The van der Waals surface area contributed by atoms with Crippen LogP contribution < -0.4 is 4.74 Å². The first kappa shape index (κ1) is 20.6. The average Bonchev–Trinajstić information content (AvgIpc) is 2.68. The molecule has 0 saturated heterocycles. The molecule has 2 rings (SSSR count). The molecule has 1 unspecified atom stereocenters. The van der Waals surface area contributed by atoms with E-state index in [1.54, 1.807) is 19.3 Å². The van der Waals surface area contributed by atoms with Gasteiger partial charge in [-0.1, -0.05) is 38.1 Å². The Morgan fingerprint density at radius 3 is 2.44 bits per heavy atom. The number of halogens is 1. The summed E-state index contributed by atoms with van der Waals surface area (Å²) in [6.45, 7) is 7.64. The third-order valence-electron chi connectivity index (χ3n) is 4.67. The summed E-state index contributed by atoms with van der Waals surface area (Å²) >= 11 is 0. The zero-order chi connectivity index (χ0) is 20.2. The molecule has 1 atom stereocenters. The Balaban J connectivity index is 2.82. The van der Waals surface area contributed by atoms with Crippen molar-refractivity contribution in [3.05, 3.63) is 66.0 Å². The lowest BCUT2D eigenvalue weighted by Gasteiger charge is -2.32. The number of carbonyl (C=O) groups excluding carboxylic acids is 1. The summed E-state index contributed by atoms with van der Waals surface area (Å²) < 4.78 is 31.2. The predicted molar refractivity (Wildman–Crippen MR) is 103 cm³/mol. The monoisotopic (exact) mass is 372 g/mol. The summed E-state index contributed by atoms with van der Waals surface area (Å²) in [4.78, 5) is 12.0. The van der Waals surface area contributed by atoms with Crippen LogP contribution in [-0.2, 0) is 9.47 Å². The molecule has 0 bridgehead atoms. The molecular weight excluding hydrogens is 347 g/mol. The zero-order valence-corrected chi connectivity index (χ0v) is 16.3. The smallest absolute Gasteiger partial charge is 0.340 e. The second-order valence-corrected chi connectivity index (χ2v) is 6.75. The van der Waals surface area contributed by atoms with Crippen molar-refractivity contribution in [1.29, 1.82) is 0 Å². The fourth-order valence-electron chi connectivity index (χ4n) is 3.06. The van der Waals surface area contributed by atoms with E-state index in [-0.39, 0.29) is 11.1 Å². The fourth-order valence-corrected chi connectivity index (χ4v) is 3.06. The van der Waals surface area contributed by atoms with Gasteiger partial charge in [-0.3, -0.25) is 0 Å². The molecule has 0 heterocycles. The van der Waals surface area contributed by atoms with Gasteiger partial charge in [-0.05, 0) is 29.3 Å². The Hall–Kier alpha value is -2.66. The highest BCUT2D eigenvalue weighted by Crippen LogP contribution is 2.43. The average molecular weight is 372 g/mol. The minimum absolute atomic E-state index is 0.138. The van der Waals surface area contributed by atoms with Gasteiger partial charge in [0.05, 0.1) is 25.9 Å². The maximum absolute atomic E-state index is 15.5. The quantitative estimate of drug-likeness (QED) is 0.496. The lowest BCUT2D eigenvalue weighted by Crippen LogP contribution is -2.24. The van der Waals surface area contributed by atoms with E-state index < -0.39 is 23.3 Å². The third kappa shape index (κ3) is 4.03. The van der Waals surface area contributed by atoms with Crippen molar-refractivity contribution in [1.82, 2.24) is 0 Å². The lowest BCUT2D eigenvalue weighted by atomic mass is 9.79. The number of carbonyl (C=O) groups is 1. The number of hydrogen-bond acceptors (Lipinski definition) is 4. The molecule has 2 aromatic rings. The predicted octanol–water partition coefficient (Wildman–Crippen LogP) is 5.19. The molecule has 0 amide bonds. The van der Waals surface area contributed by atoms with Crippen LogP contribution in [0, 0.1) is 11.2 Å². The fraction of sp³-hybridized carbons (Fsp3) is 0.318. The zero-order valence-electron chi connectivity index (χ0n) is 16.3. The van der Waals surface area contributed by atoms with Gasteiger partial charge in [0.1, 0.15) is 11.6 Å². The molecule has 0 aliphatic rings. The number of benzene rings is 2. The summed E-state index contributed by atoms with van der Waals surface area (Å²) in [6, 6.07) is 10.4. The summed E-state index contributed by atoms with van der Waals surface area (Å²) in [6.07, 6.45) is 1.04. The lowest BCUT2D eigenvalue weighted by molar-refractivity contribution is 0.0277. The van der Waals surface area contributed by atoms with Crippen LogP contribution in [0.5, 0.6) is 5.75 Å². The molecule has 5 heteroatoms. The van der Waals surface area contributed by atoms with Crippen molar-refractivity contribution in [2.45, 2.75) is 20.0 Å². The van der Waals surface area contributed by atoms with Crippen molar-refractivity contribution < 1.29 is 23.4 Å². The second kappa shape index (κ2) is 8.35. The molecular formula is C22H25FO4. The standard InChI is InChI=1S/C22H25FO4/c1-7-22(2,3)20(26-5)18-16(14-9-8-10-15(13-14)25-4)11-12-17(19(18)23)21(24)27-6/h7-13,20H,1H2,2-6H3. The van der Waals surface area contributed by atoms with E-state index in [2.05, 4.69) is 6.58 Å². The Bertz CT molecular complexity index is 842. The van der Waals surface area contributed by atoms with Gasteiger partial charge in [-0.2, -0.15) is 0 Å². The van der Waals surface area contributed by atoms with Crippen molar-refractivity contribution >= 4 is 5.97 Å². The van der Waals surface area contributed by atoms with Crippen LogP contribution in [-0.4, -0.2) is 27.3 Å². The van der Waals surface area contributed by atoms with E-state index in [9.17, 15) is 4.79 Å². The van der Waals surface area contributed by atoms with Gasteiger partial charge in [0.2, 0.25) is 0 Å². The third-order valence-corrected chi connectivity index (χ3v) is 4.67. The minimum atomic E-state index is -0.739. The van der Waals surface area contributed by atoms with Gasteiger partial charge < -0.3 is 14.2 Å². The molecule has 4 nitrogen and oxygen atoms in total. The number of ether oxygens (including phenoxy) is 3. The highest BCUT2D eigenvalue weighted by molar-refractivity contribution is 5.91. The molecule has 0 radical (unpaired) electrons. The van der Waals surface area contributed by atoms with Crippen molar-refractivity contribution in [2.75, 3.05) is 21.3 Å².